The van der Waals surface area contributed by atoms with Crippen LogP contribution >= 0.6 is 11.3 Å². The van der Waals surface area contributed by atoms with Crippen molar-refractivity contribution < 1.29 is 8.83 Å². The van der Waals surface area contributed by atoms with Crippen LogP contribution in [0.3, 0.4) is 0 Å². The van der Waals surface area contributed by atoms with Gasteiger partial charge < -0.3 is 13.7 Å². The minimum absolute atomic E-state index is 0.628. The molecule has 0 saturated carbocycles. The summed E-state index contributed by atoms with van der Waals surface area (Å²) in [5.74, 6) is 0.628. The number of furan rings is 1. The first-order valence-electron chi connectivity index (χ1n) is 18.0. The Kier molecular flexibility index (Phi) is 7.00. The number of oxazole rings is 1. The van der Waals surface area contributed by atoms with Crippen molar-refractivity contribution in [2.75, 3.05) is 4.90 Å². The van der Waals surface area contributed by atoms with Crippen LogP contribution in [0.4, 0.5) is 17.1 Å². The molecule has 0 amide bonds. The Morgan fingerprint density at radius 3 is 1.93 bits per heavy atom. The van der Waals surface area contributed by atoms with Gasteiger partial charge in [-0.2, -0.15) is 0 Å². The van der Waals surface area contributed by atoms with Gasteiger partial charge in [0.2, 0.25) is 5.89 Å². The molecule has 8 aromatic carbocycles. The second kappa shape index (κ2) is 12.3. The quantitative estimate of drug-likeness (QED) is 0.172. The molecule has 0 radical (unpaired) electrons. The van der Waals surface area contributed by atoms with Crippen LogP contribution in [-0.2, 0) is 0 Å². The molecule has 0 N–H and O–H groups in total. The number of nitrogens with zero attached hydrogens (tertiary/aromatic N) is 2. The minimum Gasteiger partial charge on any atom is -0.456 e. The molecule has 11 aromatic rings. The van der Waals surface area contributed by atoms with Gasteiger partial charge in [0, 0.05) is 47.9 Å². The zero-order chi connectivity index (χ0) is 35.6. The summed E-state index contributed by atoms with van der Waals surface area (Å²) >= 11 is 1.81. The van der Waals surface area contributed by atoms with Crippen molar-refractivity contribution in [3.63, 3.8) is 0 Å². The van der Waals surface area contributed by atoms with Crippen molar-refractivity contribution in [3.8, 4) is 33.7 Å². The van der Waals surface area contributed by atoms with Crippen LogP contribution in [0.2, 0.25) is 0 Å². The van der Waals surface area contributed by atoms with Crippen molar-refractivity contribution in [1.29, 1.82) is 0 Å². The van der Waals surface area contributed by atoms with E-state index in [0.717, 1.165) is 83.3 Å². The Morgan fingerprint density at radius 1 is 0.444 bits per heavy atom. The zero-order valence-electron chi connectivity index (χ0n) is 28.9. The monoisotopic (exact) mass is 710 g/mol. The summed E-state index contributed by atoms with van der Waals surface area (Å²) in [4.78, 5) is 7.45. The predicted molar refractivity (Wildman–Crippen MR) is 225 cm³/mol. The molecule has 3 heterocycles. The second-order valence-electron chi connectivity index (χ2n) is 13.5. The number of anilines is 3. The van der Waals surface area contributed by atoms with Gasteiger partial charge in [0.1, 0.15) is 16.7 Å². The highest BCUT2D eigenvalue weighted by molar-refractivity contribution is 7.26. The SMILES string of the molecule is c1ccc(-c2nc3c(cc(-c4ccc(N(c5ccccc5-c5ccccc5)c5cccc6oc7ccccc7c56)cc4)c4sc5ccccc5c43)o2)cc1. The van der Waals surface area contributed by atoms with E-state index >= 15 is 0 Å². The molecule has 0 aliphatic rings. The third-order valence-corrected chi connectivity index (χ3v) is 11.5. The topological polar surface area (TPSA) is 42.4 Å². The lowest BCUT2D eigenvalue weighted by atomic mass is 9.99. The zero-order valence-corrected chi connectivity index (χ0v) is 29.8. The molecule has 3 aromatic heterocycles. The molecule has 0 unspecified atom stereocenters. The second-order valence-corrected chi connectivity index (χ2v) is 14.5. The Balaban J connectivity index is 1.13. The van der Waals surface area contributed by atoms with Crippen LogP contribution in [0.5, 0.6) is 0 Å². The first-order chi connectivity index (χ1) is 26.8. The summed E-state index contributed by atoms with van der Waals surface area (Å²) in [7, 11) is 0. The number of fused-ring (bicyclic) bond motifs is 8. The molecule has 0 saturated heterocycles. The number of hydrogen-bond donors (Lipinski definition) is 0. The Hall–Kier alpha value is -6.95. The standard InChI is InChI=1S/C49H30N2O2S/c1-3-14-31(15-4-1)35-18-7-10-21-39(35)51(40-22-13-24-42-45(40)36-19-8-11-23-41(36)52-42)34-28-26-32(27-29-34)38-30-43-47(50-49(53-43)33-16-5-2-6-17-33)46-37-20-9-12-25-44(37)54-48(38)46/h1-30H. The van der Waals surface area contributed by atoms with Crippen molar-refractivity contribution in [1.82, 2.24) is 4.98 Å². The molecule has 0 aliphatic heterocycles. The summed E-state index contributed by atoms with van der Waals surface area (Å²) in [5, 5.41) is 4.49. The number of benzene rings is 8. The third kappa shape index (κ3) is 4.86. The number of para-hydroxylation sites is 2. The van der Waals surface area contributed by atoms with Gasteiger partial charge in [-0.1, -0.05) is 121 Å². The number of hydrogen-bond acceptors (Lipinski definition) is 5. The fraction of sp³-hybridized carbons (Fsp3) is 0. The fourth-order valence-electron chi connectivity index (χ4n) is 7.87. The van der Waals surface area contributed by atoms with Gasteiger partial charge in [-0.3, -0.25) is 0 Å². The average Bonchev–Trinajstić information content (AvgIpc) is 3.96. The lowest BCUT2D eigenvalue weighted by Crippen LogP contribution is -2.11. The molecular weight excluding hydrogens is 681 g/mol. The van der Waals surface area contributed by atoms with Gasteiger partial charge in [-0.25, -0.2) is 4.98 Å². The molecule has 254 valence electrons. The maximum Gasteiger partial charge on any atom is 0.227 e. The van der Waals surface area contributed by atoms with E-state index in [9.17, 15) is 0 Å². The minimum atomic E-state index is 0.628. The fourth-order valence-corrected chi connectivity index (χ4v) is 9.11. The van der Waals surface area contributed by atoms with Crippen LogP contribution in [0.1, 0.15) is 0 Å². The summed E-state index contributed by atoms with van der Waals surface area (Å²) in [6.07, 6.45) is 0. The molecule has 0 atom stereocenters. The van der Waals surface area contributed by atoms with Crippen LogP contribution in [0, 0.1) is 0 Å². The van der Waals surface area contributed by atoms with E-state index in [1.807, 2.05) is 53.8 Å². The maximum absolute atomic E-state index is 6.52. The summed E-state index contributed by atoms with van der Waals surface area (Å²) in [6, 6.07) is 63.7. The summed E-state index contributed by atoms with van der Waals surface area (Å²) in [6.45, 7) is 0. The molecule has 54 heavy (non-hydrogen) atoms. The predicted octanol–water partition coefficient (Wildman–Crippen LogP) is 14.6. The van der Waals surface area contributed by atoms with E-state index in [-0.39, 0.29) is 0 Å². The Bertz CT molecular complexity index is 3160. The average molecular weight is 711 g/mol. The van der Waals surface area contributed by atoms with Crippen LogP contribution in [0.15, 0.2) is 191 Å². The van der Waals surface area contributed by atoms with Gasteiger partial charge in [-0.05, 0) is 71.8 Å². The number of thiophene rings is 1. The lowest BCUT2D eigenvalue weighted by molar-refractivity contribution is 0.620. The van der Waals surface area contributed by atoms with Crippen molar-refractivity contribution in [2.24, 2.45) is 0 Å². The largest absolute Gasteiger partial charge is 0.456 e. The highest BCUT2D eigenvalue weighted by Gasteiger charge is 2.23. The lowest BCUT2D eigenvalue weighted by Gasteiger charge is -2.28. The van der Waals surface area contributed by atoms with E-state index < -0.39 is 0 Å². The van der Waals surface area contributed by atoms with Crippen LogP contribution in [0.25, 0.3) is 86.9 Å². The highest BCUT2D eigenvalue weighted by atomic mass is 32.1. The first-order valence-corrected chi connectivity index (χ1v) is 18.9. The molecule has 0 fully saturated rings. The van der Waals surface area contributed by atoms with E-state index in [1.165, 1.54) is 14.8 Å². The molecule has 0 bridgehead atoms. The smallest absolute Gasteiger partial charge is 0.227 e. The van der Waals surface area contributed by atoms with Crippen LogP contribution in [-0.4, -0.2) is 4.98 Å². The van der Waals surface area contributed by atoms with Crippen LogP contribution < -0.4 is 4.90 Å². The molecule has 11 rings (SSSR count). The van der Waals surface area contributed by atoms with Crippen molar-refractivity contribution >= 4 is 81.6 Å². The summed E-state index contributed by atoms with van der Waals surface area (Å²) in [5.41, 5.74) is 12.1. The first kappa shape index (κ1) is 30.7. The highest BCUT2D eigenvalue weighted by Crippen LogP contribution is 2.48. The van der Waals surface area contributed by atoms with E-state index in [0.29, 0.717) is 5.89 Å². The molecular formula is C49H30N2O2S. The van der Waals surface area contributed by atoms with Crippen molar-refractivity contribution in [3.05, 3.63) is 182 Å². The molecule has 4 nitrogen and oxygen atoms in total. The Morgan fingerprint density at radius 2 is 1.09 bits per heavy atom. The normalized spacial score (nSPS) is 11.7. The Labute approximate surface area is 314 Å². The number of aromatic nitrogens is 1. The van der Waals surface area contributed by atoms with E-state index in [4.69, 9.17) is 13.8 Å². The maximum atomic E-state index is 6.52. The van der Waals surface area contributed by atoms with Gasteiger partial charge in [0.05, 0.1) is 16.8 Å². The molecule has 5 heteroatoms. The van der Waals surface area contributed by atoms with Gasteiger partial charge in [0.25, 0.3) is 0 Å². The summed E-state index contributed by atoms with van der Waals surface area (Å²) < 4.78 is 15.3. The molecule has 0 aliphatic carbocycles. The van der Waals surface area contributed by atoms with Gasteiger partial charge in [0.15, 0.2) is 5.58 Å². The third-order valence-electron chi connectivity index (χ3n) is 10.3. The van der Waals surface area contributed by atoms with Gasteiger partial charge in [-0.15, -0.1) is 11.3 Å². The van der Waals surface area contributed by atoms with E-state index in [2.05, 4.69) is 144 Å². The number of rotatable bonds is 6. The molecule has 0 spiro atoms. The van der Waals surface area contributed by atoms with Crippen molar-refractivity contribution in [2.45, 2.75) is 0 Å². The van der Waals surface area contributed by atoms with E-state index in [1.54, 1.807) is 0 Å². The van der Waals surface area contributed by atoms with Gasteiger partial charge >= 0.3 is 0 Å².